The topological polar surface area (TPSA) is 65.9 Å². The van der Waals surface area contributed by atoms with E-state index in [4.69, 9.17) is 5.73 Å². The molecule has 0 aromatic carbocycles. The van der Waals surface area contributed by atoms with Gasteiger partial charge in [-0.25, -0.2) is 4.98 Å². The Balaban J connectivity index is 1.90. The number of anilines is 1. The molecule has 0 bridgehead atoms. The van der Waals surface area contributed by atoms with Gasteiger partial charge in [-0.2, -0.15) is 5.26 Å². The second kappa shape index (κ2) is 5.06. The molecule has 1 aromatic rings. The Bertz CT molecular complexity index is 560. The fraction of sp³-hybridized carbons (Fsp3) is 0.625. The lowest BCUT2D eigenvalue weighted by Gasteiger charge is -2.27. The van der Waals surface area contributed by atoms with Crippen LogP contribution >= 0.6 is 0 Å². The summed E-state index contributed by atoms with van der Waals surface area (Å²) in [4.78, 5) is 6.95. The molecule has 2 heterocycles. The van der Waals surface area contributed by atoms with Crippen molar-refractivity contribution in [3.8, 4) is 6.07 Å². The third-order valence-corrected chi connectivity index (χ3v) is 4.83. The van der Waals surface area contributed by atoms with Gasteiger partial charge in [0.25, 0.3) is 0 Å². The second-order valence-electron chi connectivity index (χ2n) is 6.39. The van der Waals surface area contributed by atoms with Crippen molar-refractivity contribution in [1.82, 2.24) is 4.98 Å². The number of aryl methyl sites for hydroxylation is 2. The highest BCUT2D eigenvalue weighted by Gasteiger charge is 2.38. The first-order valence-corrected chi connectivity index (χ1v) is 7.47. The molecule has 1 saturated heterocycles. The fourth-order valence-electron chi connectivity index (χ4n) is 3.82. The largest absolute Gasteiger partial charge is 0.355 e. The first-order chi connectivity index (χ1) is 9.58. The third-order valence-electron chi connectivity index (χ3n) is 4.83. The molecule has 2 N–H and O–H groups in total. The summed E-state index contributed by atoms with van der Waals surface area (Å²) in [6.45, 7) is 6.03. The van der Waals surface area contributed by atoms with Crippen LogP contribution in [0, 0.1) is 37.0 Å². The van der Waals surface area contributed by atoms with E-state index in [2.05, 4.69) is 16.0 Å². The molecule has 20 heavy (non-hydrogen) atoms. The summed E-state index contributed by atoms with van der Waals surface area (Å²) in [6.07, 6.45) is 3.48. The van der Waals surface area contributed by atoms with Crippen LogP contribution in [-0.2, 0) is 0 Å². The van der Waals surface area contributed by atoms with Crippen LogP contribution in [0.15, 0.2) is 6.07 Å². The van der Waals surface area contributed by atoms with Gasteiger partial charge in [-0.3, -0.25) is 0 Å². The van der Waals surface area contributed by atoms with Gasteiger partial charge in [-0.05, 0) is 56.6 Å². The van der Waals surface area contributed by atoms with Crippen LogP contribution in [0.2, 0.25) is 0 Å². The van der Waals surface area contributed by atoms with Gasteiger partial charge in [0.05, 0.1) is 5.56 Å². The van der Waals surface area contributed by atoms with Crippen molar-refractivity contribution in [2.75, 3.05) is 18.0 Å². The van der Waals surface area contributed by atoms with Gasteiger partial charge in [0.2, 0.25) is 0 Å². The Hall–Kier alpha value is -1.60. The van der Waals surface area contributed by atoms with Crippen molar-refractivity contribution in [2.45, 2.75) is 39.2 Å². The van der Waals surface area contributed by atoms with Crippen molar-refractivity contribution >= 4 is 5.82 Å². The number of nitrogens with zero attached hydrogens (tertiary/aromatic N) is 3. The van der Waals surface area contributed by atoms with Crippen molar-refractivity contribution < 1.29 is 0 Å². The average molecular weight is 270 g/mol. The van der Waals surface area contributed by atoms with Crippen molar-refractivity contribution in [3.05, 3.63) is 22.9 Å². The Morgan fingerprint density at radius 3 is 2.80 bits per heavy atom. The van der Waals surface area contributed by atoms with Crippen LogP contribution in [0.4, 0.5) is 5.82 Å². The molecule has 2 aliphatic rings. The van der Waals surface area contributed by atoms with Crippen molar-refractivity contribution in [3.63, 3.8) is 0 Å². The smallest absolute Gasteiger partial charge is 0.147 e. The van der Waals surface area contributed by atoms with E-state index in [0.29, 0.717) is 12.0 Å². The van der Waals surface area contributed by atoms with Gasteiger partial charge in [-0.15, -0.1) is 0 Å². The molecule has 1 unspecified atom stereocenters. The molecular formula is C16H22N4. The summed E-state index contributed by atoms with van der Waals surface area (Å²) in [5, 5.41) is 9.41. The maximum atomic E-state index is 9.41. The third kappa shape index (κ3) is 2.27. The number of hydrogen-bond donors (Lipinski definition) is 1. The molecule has 4 nitrogen and oxygen atoms in total. The number of nitrogens with two attached hydrogens (primary N) is 1. The molecule has 0 amide bonds. The Morgan fingerprint density at radius 2 is 2.05 bits per heavy atom. The van der Waals surface area contributed by atoms with E-state index in [0.717, 1.165) is 54.5 Å². The van der Waals surface area contributed by atoms with Crippen LogP contribution < -0.4 is 10.6 Å². The lowest BCUT2D eigenvalue weighted by molar-refractivity contribution is 0.271. The molecular weight excluding hydrogens is 248 g/mol. The Kier molecular flexibility index (Phi) is 3.39. The molecule has 4 heteroatoms. The lowest BCUT2D eigenvalue weighted by Crippen LogP contribution is -2.32. The minimum atomic E-state index is 0.360. The highest BCUT2D eigenvalue weighted by atomic mass is 15.2. The molecule has 106 valence electrons. The zero-order valence-electron chi connectivity index (χ0n) is 12.3. The van der Waals surface area contributed by atoms with E-state index in [1.54, 1.807) is 0 Å². The van der Waals surface area contributed by atoms with E-state index in [1.165, 1.54) is 6.42 Å². The van der Waals surface area contributed by atoms with Gasteiger partial charge in [0, 0.05) is 24.8 Å². The van der Waals surface area contributed by atoms with Crippen molar-refractivity contribution in [2.24, 2.45) is 17.6 Å². The normalized spacial score (nSPS) is 29.1. The summed E-state index contributed by atoms with van der Waals surface area (Å²) in [6, 6.07) is 4.68. The minimum Gasteiger partial charge on any atom is -0.355 e. The summed E-state index contributed by atoms with van der Waals surface area (Å²) >= 11 is 0. The zero-order chi connectivity index (χ0) is 14.3. The monoisotopic (exact) mass is 270 g/mol. The molecule has 3 atom stereocenters. The van der Waals surface area contributed by atoms with Crippen LogP contribution in [0.5, 0.6) is 0 Å². The van der Waals surface area contributed by atoms with Crippen LogP contribution in [0.25, 0.3) is 0 Å². The molecule has 0 radical (unpaired) electrons. The molecule has 0 spiro atoms. The Morgan fingerprint density at radius 1 is 1.30 bits per heavy atom. The second-order valence-corrected chi connectivity index (χ2v) is 6.39. The number of fused-ring (bicyclic) bond motifs is 1. The predicted octanol–water partition coefficient (Wildman–Crippen LogP) is 2.13. The lowest BCUT2D eigenvalue weighted by atomic mass is 9.79. The highest BCUT2D eigenvalue weighted by Crippen LogP contribution is 2.38. The summed E-state index contributed by atoms with van der Waals surface area (Å²) in [5.41, 5.74) is 8.85. The number of pyridine rings is 1. The van der Waals surface area contributed by atoms with Crippen LogP contribution in [0.3, 0.4) is 0 Å². The molecule has 1 aliphatic carbocycles. The molecule has 1 saturated carbocycles. The summed E-state index contributed by atoms with van der Waals surface area (Å²) in [5.74, 6) is 2.28. The maximum Gasteiger partial charge on any atom is 0.147 e. The SMILES string of the molecule is Cc1cc(C)c(C#N)c(N2C[C@H]3CCC(N)C[C@H]3C2)n1. The van der Waals surface area contributed by atoms with Gasteiger partial charge >= 0.3 is 0 Å². The molecule has 1 aromatic heterocycles. The van der Waals surface area contributed by atoms with E-state index < -0.39 is 0 Å². The van der Waals surface area contributed by atoms with Crippen LogP contribution in [-0.4, -0.2) is 24.1 Å². The average Bonchev–Trinajstić information content (AvgIpc) is 2.80. The first-order valence-electron chi connectivity index (χ1n) is 7.47. The number of hydrogen-bond acceptors (Lipinski definition) is 4. The standard InChI is InChI=1S/C16H22N4/c1-10-5-11(2)19-16(15(10)7-17)20-8-12-3-4-14(18)6-13(12)9-20/h5,12-14H,3-4,6,8-9,18H2,1-2H3/t12-,13+,14?/m1/s1. The number of nitriles is 1. The number of aromatic nitrogens is 1. The Labute approximate surface area is 120 Å². The van der Waals surface area contributed by atoms with E-state index in [-0.39, 0.29) is 0 Å². The highest BCUT2D eigenvalue weighted by molar-refractivity contribution is 5.58. The van der Waals surface area contributed by atoms with Crippen LogP contribution in [0.1, 0.15) is 36.1 Å². The van der Waals surface area contributed by atoms with E-state index in [9.17, 15) is 5.26 Å². The predicted molar refractivity (Wildman–Crippen MR) is 79.4 cm³/mol. The first kappa shape index (κ1) is 13.4. The van der Waals surface area contributed by atoms with Crippen molar-refractivity contribution in [1.29, 1.82) is 5.26 Å². The summed E-state index contributed by atoms with van der Waals surface area (Å²) < 4.78 is 0. The molecule has 1 aliphatic heterocycles. The fourth-order valence-corrected chi connectivity index (χ4v) is 3.82. The minimum absolute atomic E-state index is 0.360. The van der Waals surface area contributed by atoms with Gasteiger partial charge in [-0.1, -0.05) is 0 Å². The summed E-state index contributed by atoms with van der Waals surface area (Å²) in [7, 11) is 0. The van der Waals surface area contributed by atoms with E-state index in [1.807, 2.05) is 19.9 Å². The van der Waals surface area contributed by atoms with E-state index >= 15 is 0 Å². The van der Waals surface area contributed by atoms with Gasteiger partial charge in [0.1, 0.15) is 11.9 Å². The van der Waals surface area contributed by atoms with Gasteiger partial charge in [0.15, 0.2) is 0 Å². The molecule has 2 fully saturated rings. The quantitative estimate of drug-likeness (QED) is 0.849. The maximum absolute atomic E-state index is 9.41. The molecule has 3 rings (SSSR count). The zero-order valence-corrected chi connectivity index (χ0v) is 12.3. The van der Waals surface area contributed by atoms with Gasteiger partial charge < -0.3 is 10.6 Å². The number of rotatable bonds is 1.